The average Bonchev–Trinajstić information content (AvgIpc) is 2.71. The summed E-state index contributed by atoms with van der Waals surface area (Å²) in [5, 5.41) is 0. The van der Waals surface area contributed by atoms with E-state index in [1.54, 1.807) is 18.5 Å². The summed E-state index contributed by atoms with van der Waals surface area (Å²) in [6, 6.07) is 4.88. The summed E-state index contributed by atoms with van der Waals surface area (Å²) in [6.07, 6.45) is 3.48. The van der Waals surface area contributed by atoms with E-state index in [2.05, 4.69) is 20.9 Å². The maximum Gasteiger partial charge on any atom is 0.128 e. The third-order valence-electron chi connectivity index (χ3n) is 2.26. The molecule has 5 heteroatoms. The second kappa shape index (κ2) is 4.76. The van der Waals surface area contributed by atoms with Crippen LogP contribution in [0.15, 0.2) is 35.2 Å². The van der Waals surface area contributed by atoms with Crippen molar-refractivity contribution in [3.8, 4) is 0 Å². The van der Waals surface area contributed by atoms with Crippen LogP contribution >= 0.6 is 15.9 Å². The lowest BCUT2D eigenvalue weighted by atomic mass is 10.2. The van der Waals surface area contributed by atoms with Crippen molar-refractivity contribution in [2.24, 2.45) is 5.73 Å². The average molecular weight is 284 g/mol. The molecule has 0 radical (unpaired) electrons. The van der Waals surface area contributed by atoms with Crippen molar-refractivity contribution < 1.29 is 4.39 Å². The Balaban J connectivity index is 2.22. The van der Waals surface area contributed by atoms with Crippen LogP contribution in [0.2, 0.25) is 0 Å². The minimum absolute atomic E-state index is 0.216. The standard InChI is InChI=1S/C11H11BrFN3/c12-9-1-2-11(13)8(3-9)5-16-6-10(4-14)15-7-16/h1-3,6-7H,4-5,14H2. The molecule has 84 valence electrons. The molecule has 1 aromatic heterocycles. The van der Waals surface area contributed by atoms with Gasteiger partial charge in [-0.2, -0.15) is 0 Å². The van der Waals surface area contributed by atoms with Gasteiger partial charge in [-0.1, -0.05) is 15.9 Å². The van der Waals surface area contributed by atoms with Crippen LogP contribution in [0.25, 0.3) is 0 Å². The van der Waals surface area contributed by atoms with Crippen LogP contribution in [-0.4, -0.2) is 9.55 Å². The molecule has 0 aliphatic carbocycles. The normalized spacial score (nSPS) is 10.7. The predicted molar refractivity (Wildman–Crippen MR) is 63.3 cm³/mol. The molecule has 0 saturated heterocycles. The van der Waals surface area contributed by atoms with Gasteiger partial charge in [-0.05, 0) is 18.2 Å². The van der Waals surface area contributed by atoms with E-state index < -0.39 is 0 Å². The Bertz CT molecular complexity index is 496. The van der Waals surface area contributed by atoms with E-state index in [0.717, 1.165) is 10.2 Å². The van der Waals surface area contributed by atoms with Gasteiger partial charge in [0.1, 0.15) is 5.82 Å². The number of benzene rings is 1. The summed E-state index contributed by atoms with van der Waals surface area (Å²) in [6.45, 7) is 0.853. The lowest BCUT2D eigenvalue weighted by Crippen LogP contribution is -2.00. The highest BCUT2D eigenvalue weighted by Gasteiger charge is 2.04. The van der Waals surface area contributed by atoms with Crippen molar-refractivity contribution in [1.82, 2.24) is 9.55 Å². The Morgan fingerprint density at radius 3 is 2.94 bits per heavy atom. The van der Waals surface area contributed by atoms with Gasteiger partial charge >= 0.3 is 0 Å². The molecule has 0 spiro atoms. The first-order valence-electron chi connectivity index (χ1n) is 4.83. The third-order valence-corrected chi connectivity index (χ3v) is 2.75. The van der Waals surface area contributed by atoms with Crippen LogP contribution in [0.4, 0.5) is 4.39 Å². The molecule has 0 amide bonds. The minimum atomic E-state index is -0.216. The fourth-order valence-corrected chi connectivity index (χ4v) is 1.87. The first-order chi connectivity index (χ1) is 7.69. The monoisotopic (exact) mass is 283 g/mol. The zero-order chi connectivity index (χ0) is 11.5. The maximum atomic E-state index is 13.5. The molecular weight excluding hydrogens is 273 g/mol. The number of nitrogens with zero attached hydrogens (tertiary/aromatic N) is 2. The molecule has 0 saturated carbocycles. The summed E-state index contributed by atoms with van der Waals surface area (Å²) in [7, 11) is 0. The number of rotatable bonds is 3. The van der Waals surface area contributed by atoms with Gasteiger partial charge in [-0.3, -0.25) is 0 Å². The van der Waals surface area contributed by atoms with Crippen LogP contribution in [0.5, 0.6) is 0 Å². The zero-order valence-electron chi connectivity index (χ0n) is 8.53. The van der Waals surface area contributed by atoms with Crippen LogP contribution < -0.4 is 5.73 Å². The van der Waals surface area contributed by atoms with Crippen LogP contribution in [0, 0.1) is 5.82 Å². The van der Waals surface area contributed by atoms with Crippen LogP contribution in [0.3, 0.4) is 0 Å². The number of hydrogen-bond donors (Lipinski definition) is 1. The van der Waals surface area contributed by atoms with Gasteiger partial charge in [0.25, 0.3) is 0 Å². The summed E-state index contributed by atoms with van der Waals surface area (Å²) in [5.74, 6) is -0.216. The van der Waals surface area contributed by atoms with Crippen LogP contribution in [-0.2, 0) is 13.1 Å². The molecule has 0 fully saturated rings. The number of hydrogen-bond acceptors (Lipinski definition) is 2. The molecule has 0 aliphatic rings. The molecule has 0 aliphatic heterocycles. The minimum Gasteiger partial charge on any atom is -0.333 e. The van der Waals surface area contributed by atoms with Gasteiger partial charge in [0.05, 0.1) is 18.6 Å². The third kappa shape index (κ3) is 2.48. The van der Waals surface area contributed by atoms with Gasteiger partial charge in [0, 0.05) is 22.8 Å². The molecule has 1 heterocycles. The Kier molecular flexibility index (Phi) is 3.36. The summed E-state index contributed by atoms with van der Waals surface area (Å²) in [4.78, 5) is 4.09. The number of aromatic nitrogens is 2. The summed E-state index contributed by atoms with van der Waals surface area (Å²) >= 11 is 3.32. The topological polar surface area (TPSA) is 43.8 Å². The summed E-state index contributed by atoms with van der Waals surface area (Å²) in [5.41, 5.74) is 6.88. The molecule has 0 atom stereocenters. The van der Waals surface area contributed by atoms with Crippen molar-refractivity contribution in [1.29, 1.82) is 0 Å². The fraction of sp³-hybridized carbons (Fsp3) is 0.182. The molecule has 2 N–H and O–H groups in total. The Labute approximate surface area is 101 Å². The molecule has 2 aromatic rings. The zero-order valence-corrected chi connectivity index (χ0v) is 10.1. The molecular formula is C11H11BrFN3. The molecule has 1 aromatic carbocycles. The van der Waals surface area contributed by atoms with Gasteiger partial charge in [0.15, 0.2) is 0 Å². The summed E-state index contributed by atoms with van der Waals surface area (Å²) < 4.78 is 16.1. The first kappa shape index (κ1) is 11.3. The molecule has 0 bridgehead atoms. The maximum absolute atomic E-state index is 13.5. The van der Waals surface area contributed by atoms with Gasteiger partial charge in [-0.15, -0.1) is 0 Å². The highest BCUT2D eigenvalue weighted by molar-refractivity contribution is 9.10. The van der Waals surface area contributed by atoms with Crippen molar-refractivity contribution in [3.63, 3.8) is 0 Å². The number of halogens is 2. The van der Waals surface area contributed by atoms with Gasteiger partial charge in [-0.25, -0.2) is 9.37 Å². The molecule has 3 nitrogen and oxygen atoms in total. The number of nitrogens with two attached hydrogens (primary N) is 1. The lowest BCUT2D eigenvalue weighted by molar-refractivity contribution is 0.599. The van der Waals surface area contributed by atoms with E-state index in [-0.39, 0.29) is 5.82 Å². The fourth-order valence-electron chi connectivity index (χ4n) is 1.46. The first-order valence-corrected chi connectivity index (χ1v) is 5.63. The Morgan fingerprint density at radius 1 is 1.44 bits per heavy atom. The predicted octanol–water partition coefficient (Wildman–Crippen LogP) is 2.29. The molecule has 2 rings (SSSR count). The molecule has 0 unspecified atom stereocenters. The van der Waals surface area contributed by atoms with Crippen molar-refractivity contribution in [2.45, 2.75) is 13.1 Å². The van der Waals surface area contributed by atoms with E-state index in [9.17, 15) is 4.39 Å². The van der Waals surface area contributed by atoms with E-state index in [1.807, 2.05) is 10.8 Å². The van der Waals surface area contributed by atoms with E-state index >= 15 is 0 Å². The SMILES string of the molecule is NCc1cn(Cc2cc(Br)ccc2F)cn1. The highest BCUT2D eigenvalue weighted by Crippen LogP contribution is 2.16. The number of imidazole rings is 1. The van der Waals surface area contributed by atoms with E-state index in [1.165, 1.54) is 6.07 Å². The Morgan fingerprint density at radius 2 is 2.25 bits per heavy atom. The van der Waals surface area contributed by atoms with E-state index in [4.69, 9.17) is 5.73 Å². The molecule has 16 heavy (non-hydrogen) atoms. The van der Waals surface area contributed by atoms with Crippen molar-refractivity contribution in [2.75, 3.05) is 0 Å². The largest absolute Gasteiger partial charge is 0.333 e. The Hall–Kier alpha value is -1.20. The van der Waals surface area contributed by atoms with Gasteiger partial charge in [0.2, 0.25) is 0 Å². The second-order valence-corrected chi connectivity index (χ2v) is 4.39. The second-order valence-electron chi connectivity index (χ2n) is 3.48. The smallest absolute Gasteiger partial charge is 0.128 e. The van der Waals surface area contributed by atoms with Crippen molar-refractivity contribution >= 4 is 15.9 Å². The van der Waals surface area contributed by atoms with Gasteiger partial charge < -0.3 is 10.3 Å². The highest BCUT2D eigenvalue weighted by atomic mass is 79.9. The quantitative estimate of drug-likeness (QED) is 0.939. The lowest BCUT2D eigenvalue weighted by Gasteiger charge is -2.04. The van der Waals surface area contributed by atoms with Crippen molar-refractivity contribution in [3.05, 3.63) is 52.3 Å². The van der Waals surface area contributed by atoms with Crippen LogP contribution in [0.1, 0.15) is 11.3 Å². The van der Waals surface area contributed by atoms with E-state index in [0.29, 0.717) is 18.7 Å².